The van der Waals surface area contributed by atoms with E-state index >= 15 is 0 Å². The monoisotopic (exact) mass is 1250 g/mol. The molecule has 6 fully saturated rings. The lowest BCUT2D eigenvalue weighted by atomic mass is 9.47. The number of rotatable bonds is 17. The van der Waals surface area contributed by atoms with Crippen molar-refractivity contribution in [3.05, 3.63) is 0 Å². The third-order valence-electron chi connectivity index (χ3n) is 19.4. The van der Waals surface area contributed by atoms with E-state index < -0.39 is 0 Å². The predicted molar refractivity (Wildman–Crippen MR) is 384 cm³/mol. The van der Waals surface area contributed by atoms with Gasteiger partial charge in [0.05, 0.1) is 27.1 Å². The normalized spacial score (nSPS) is 21.1. The van der Waals surface area contributed by atoms with E-state index in [0.717, 1.165) is 82.5 Å². The van der Waals surface area contributed by atoms with Crippen molar-refractivity contribution in [3.8, 4) is 0 Å². The fourth-order valence-electron chi connectivity index (χ4n) is 10.9. The Morgan fingerprint density at radius 1 is 0.379 bits per heavy atom. The molecule has 6 saturated carbocycles. The van der Waals surface area contributed by atoms with Crippen molar-refractivity contribution in [1.29, 1.82) is 0 Å². The molecule has 0 aromatic carbocycles. The summed E-state index contributed by atoms with van der Waals surface area (Å²) in [4.78, 5) is 60.0. The van der Waals surface area contributed by atoms with E-state index in [9.17, 15) is 24.0 Å². The van der Waals surface area contributed by atoms with Gasteiger partial charge in [0.2, 0.25) is 0 Å². The summed E-state index contributed by atoms with van der Waals surface area (Å²) in [5.41, 5.74) is -2.94. The van der Waals surface area contributed by atoms with Crippen LogP contribution in [0.1, 0.15) is 389 Å². The first-order valence-corrected chi connectivity index (χ1v) is 31.3. The smallest absolute Gasteiger partial charge is 0.312 e. The van der Waals surface area contributed by atoms with Crippen LogP contribution in [-0.4, -0.2) is 57.9 Å². The van der Waals surface area contributed by atoms with Crippen molar-refractivity contribution in [2.75, 3.05) is 0 Å². The highest BCUT2D eigenvalue weighted by molar-refractivity contribution is 5.78. The van der Waals surface area contributed by atoms with Crippen molar-refractivity contribution in [1.82, 2.24) is 0 Å². The first-order valence-electron chi connectivity index (χ1n) is 31.3. The zero-order valence-electron chi connectivity index (χ0n) is 55.0. The van der Waals surface area contributed by atoms with Gasteiger partial charge in [-0.1, -0.05) is 149 Å². The number of hydrogen-bond acceptors (Lipinski definition) is 10. The molecule has 87 heavy (non-hydrogen) atoms. The molecule has 6 aliphatic rings. The van der Waals surface area contributed by atoms with Crippen LogP contribution in [0.15, 0.2) is 0 Å². The van der Waals surface area contributed by atoms with E-state index in [2.05, 4.69) is 34.6 Å². The van der Waals surface area contributed by atoms with Crippen LogP contribution in [0.3, 0.4) is 0 Å². The number of esters is 5. The van der Waals surface area contributed by atoms with Gasteiger partial charge in [0, 0.05) is 0 Å². The number of hydrogen-bond donors (Lipinski definition) is 0. The van der Waals surface area contributed by atoms with Gasteiger partial charge in [-0.2, -0.15) is 0 Å². The molecule has 10 heteroatoms. The zero-order valence-corrected chi connectivity index (χ0v) is 55.0. The van der Waals surface area contributed by atoms with Gasteiger partial charge in [-0.15, -0.1) is 0 Å². The Labute approximate surface area is 548 Å². The maximum Gasteiger partial charge on any atom is 0.312 e. The van der Waals surface area contributed by atoms with Gasteiger partial charge < -0.3 is 23.7 Å². The molecule has 6 aliphatic carbocycles. The summed E-state index contributed by atoms with van der Waals surface area (Å²) in [6.07, 6.45) is 24.1. The van der Waals surface area contributed by atoms with Crippen LogP contribution < -0.4 is 0 Å². The highest BCUT2D eigenvalue weighted by Crippen LogP contribution is 2.62. The fraction of sp³-hybridized carbons (Fsp3) is 0.935. The minimum Gasteiger partial charge on any atom is -0.460 e. The highest BCUT2D eigenvalue weighted by atomic mass is 16.6. The van der Waals surface area contributed by atoms with Crippen molar-refractivity contribution in [2.24, 2.45) is 56.7 Å². The van der Waals surface area contributed by atoms with Crippen LogP contribution in [0.4, 0.5) is 0 Å². The van der Waals surface area contributed by atoms with Crippen LogP contribution >= 0.6 is 0 Å². The lowest BCUT2D eigenvalue weighted by Gasteiger charge is -2.62. The van der Waals surface area contributed by atoms with E-state index in [-0.39, 0.29) is 159 Å². The molecule has 0 unspecified atom stereocenters. The standard InChI is InChI=1S/C19H32O2.C14H26O2.C13H24O2.C11H22O2.C10H20O2.10CH4/c1-6-18(4,5)17(20)21-19(12(2)3)15-8-13-7-14(10-15)11-16(19)9-13;1-5-13(3,4)12(15)16-14(6-2)10-8-7-9-11-14;1-5-12(2,3)11(14)15-13(4)9-7-6-8-10-13;1-7-10(3,4)9(12)13-11(5,6)8-2;1-7-10(5,6)8(11)12-9(2,3)4;;;;;;;;;;/h12-16H,6-11H2,1-5H3;5-11H2,1-4H3;5-10H2,1-4H3;7-8H2,1-6H3;7H2,1-6H3;10*1H4. The molecule has 4 bridgehead atoms. The van der Waals surface area contributed by atoms with Gasteiger partial charge in [0.15, 0.2) is 0 Å². The molecule has 0 aliphatic heterocycles. The summed E-state index contributed by atoms with van der Waals surface area (Å²) in [5.74, 6) is 3.27. The zero-order chi connectivity index (χ0) is 59.9. The fourth-order valence-corrected chi connectivity index (χ4v) is 10.9. The number of carbonyl (C=O) groups is 5. The average Bonchev–Trinajstić information content (AvgIpc) is 3.35. The molecule has 0 saturated heterocycles. The summed E-state index contributed by atoms with van der Waals surface area (Å²) in [6, 6.07) is 0. The molecule has 0 N–H and O–H groups in total. The Hall–Kier alpha value is -2.65. The van der Waals surface area contributed by atoms with E-state index in [1.807, 2.05) is 138 Å². The van der Waals surface area contributed by atoms with Gasteiger partial charge in [-0.3, -0.25) is 24.0 Å². The predicted octanol–water partition coefficient (Wildman–Crippen LogP) is 24.9. The molecule has 0 spiro atoms. The lowest BCUT2D eigenvalue weighted by molar-refractivity contribution is -0.231. The molecular weight excluding hydrogens is 1080 g/mol. The molecule has 0 heterocycles. The molecule has 0 aromatic rings. The number of ether oxygens (including phenoxy) is 5. The molecule has 6 rings (SSSR count). The molecule has 10 nitrogen and oxygen atoms in total. The van der Waals surface area contributed by atoms with Gasteiger partial charge in [-0.25, -0.2) is 0 Å². The molecular formula is C77H164O10. The maximum absolute atomic E-state index is 12.8. The number of carbonyl (C=O) groups excluding carboxylic acids is 5. The van der Waals surface area contributed by atoms with E-state index in [0.29, 0.717) is 17.8 Å². The topological polar surface area (TPSA) is 132 Å². The minimum atomic E-state index is -0.372. The summed E-state index contributed by atoms with van der Waals surface area (Å²) in [5, 5.41) is 0. The molecule has 532 valence electrons. The van der Waals surface area contributed by atoms with E-state index in [1.165, 1.54) is 70.6 Å². The largest absolute Gasteiger partial charge is 0.460 e. The summed E-state index contributed by atoms with van der Waals surface area (Å²) in [6.45, 7) is 50.0. The van der Waals surface area contributed by atoms with Gasteiger partial charge in [-0.05, 0) is 269 Å². The SMILES string of the molecule is C.C.C.C.C.C.C.C.C.C.CCC(C)(C)C(=O)OC(C)(C)C.CCC(C)(C)C(=O)OC1(C(C)C)C2CC3CC(C2)CC1C3.CCC(C)(C)C(=O)OC1(C)CCCCC1.CCC(C)(C)OC(=O)C(C)(C)CC.CCC1(OC(=O)C(C)(C)CC)CCCCC1. The molecule has 0 radical (unpaired) electrons. The first-order chi connectivity index (χ1) is 35.1. The third-order valence-corrected chi connectivity index (χ3v) is 19.4. The second kappa shape index (κ2) is 43.2. The Morgan fingerprint density at radius 3 is 0.954 bits per heavy atom. The van der Waals surface area contributed by atoms with Crippen LogP contribution in [-0.2, 0) is 47.7 Å². The van der Waals surface area contributed by atoms with Crippen molar-refractivity contribution in [3.63, 3.8) is 0 Å². The van der Waals surface area contributed by atoms with Crippen molar-refractivity contribution >= 4 is 29.8 Å². The summed E-state index contributed by atoms with van der Waals surface area (Å²) >= 11 is 0. The van der Waals surface area contributed by atoms with E-state index in [1.54, 1.807) is 0 Å². The van der Waals surface area contributed by atoms with Gasteiger partial charge >= 0.3 is 29.8 Å². The van der Waals surface area contributed by atoms with Crippen LogP contribution in [0, 0.1) is 56.7 Å². The third kappa shape index (κ3) is 32.0. The molecule has 0 atom stereocenters. The van der Waals surface area contributed by atoms with Crippen molar-refractivity contribution < 1.29 is 47.7 Å². The van der Waals surface area contributed by atoms with Crippen LogP contribution in [0.25, 0.3) is 0 Å². The Bertz CT molecular complexity index is 1800. The van der Waals surface area contributed by atoms with Crippen LogP contribution in [0.2, 0.25) is 0 Å². The minimum absolute atomic E-state index is 0. The Balaban J connectivity index is -0.000000105. The highest BCUT2D eigenvalue weighted by Gasteiger charge is 2.61. The average molecular weight is 1250 g/mol. The quantitative estimate of drug-likeness (QED) is 0.102. The first kappa shape index (κ1) is 106. The second-order valence-corrected chi connectivity index (χ2v) is 29.8. The van der Waals surface area contributed by atoms with E-state index in [4.69, 9.17) is 23.7 Å². The van der Waals surface area contributed by atoms with Crippen LogP contribution in [0.5, 0.6) is 0 Å². The Kier molecular flexibility index (Phi) is 52.7. The lowest BCUT2D eigenvalue weighted by Crippen LogP contribution is -2.63. The second-order valence-electron chi connectivity index (χ2n) is 29.8. The summed E-state index contributed by atoms with van der Waals surface area (Å²) < 4.78 is 28.6. The van der Waals surface area contributed by atoms with Gasteiger partial charge in [0.1, 0.15) is 28.0 Å². The maximum atomic E-state index is 12.8. The molecule has 0 aromatic heterocycles. The Morgan fingerprint density at radius 2 is 0.667 bits per heavy atom. The van der Waals surface area contributed by atoms with Crippen molar-refractivity contribution in [2.45, 2.75) is 417 Å². The molecule has 0 amide bonds. The van der Waals surface area contributed by atoms with Gasteiger partial charge in [0.25, 0.3) is 0 Å². The summed E-state index contributed by atoms with van der Waals surface area (Å²) in [7, 11) is 0.